The van der Waals surface area contributed by atoms with Crippen LogP contribution in [0.25, 0.3) is 0 Å². The molecule has 2 heterocycles. The summed E-state index contributed by atoms with van der Waals surface area (Å²) in [4.78, 5) is 16.3. The van der Waals surface area contributed by atoms with Gasteiger partial charge >= 0.3 is 0 Å². The number of anilines is 1. The van der Waals surface area contributed by atoms with Crippen LogP contribution in [0.5, 0.6) is 0 Å². The highest BCUT2D eigenvalue weighted by Gasteiger charge is 2.12. The van der Waals surface area contributed by atoms with Crippen LogP contribution in [-0.2, 0) is 6.54 Å². The lowest BCUT2D eigenvalue weighted by molar-refractivity contribution is 0.0936. The molecule has 106 valence electrons. The molecule has 0 bridgehead atoms. The molecule has 7 nitrogen and oxygen atoms in total. The quantitative estimate of drug-likeness (QED) is 0.550. The van der Waals surface area contributed by atoms with Crippen molar-refractivity contribution in [2.75, 3.05) is 5.43 Å². The number of hydrogen-bond acceptors (Lipinski definition) is 5. The molecule has 0 aromatic carbocycles. The summed E-state index contributed by atoms with van der Waals surface area (Å²) in [5.41, 5.74) is 3.70. The first-order valence-corrected chi connectivity index (χ1v) is 6.32. The first kappa shape index (κ1) is 14.0. The number of nitrogens with zero attached hydrogens (tertiary/aromatic N) is 3. The summed E-state index contributed by atoms with van der Waals surface area (Å²) >= 11 is 0. The Kier molecular flexibility index (Phi) is 4.31. The second kappa shape index (κ2) is 6.16. The van der Waals surface area contributed by atoms with Crippen LogP contribution >= 0.6 is 0 Å². The molecule has 2 rings (SSSR count). The van der Waals surface area contributed by atoms with Crippen LogP contribution < -0.4 is 16.6 Å². The first-order valence-electron chi connectivity index (χ1n) is 6.32. The number of rotatable bonds is 5. The molecule has 20 heavy (non-hydrogen) atoms. The van der Waals surface area contributed by atoms with Gasteiger partial charge in [0.05, 0.1) is 6.54 Å². The van der Waals surface area contributed by atoms with E-state index < -0.39 is 0 Å². The van der Waals surface area contributed by atoms with Gasteiger partial charge in [0.25, 0.3) is 5.91 Å². The number of nitrogen functional groups attached to an aromatic ring is 1. The van der Waals surface area contributed by atoms with Crippen LogP contribution in [0.3, 0.4) is 0 Å². The van der Waals surface area contributed by atoms with Crippen LogP contribution in [0.15, 0.2) is 30.6 Å². The van der Waals surface area contributed by atoms with E-state index in [1.54, 1.807) is 23.0 Å². The molecule has 0 spiro atoms. The largest absolute Gasteiger partial charge is 0.348 e. The maximum absolute atomic E-state index is 12.2. The number of carbonyl (C=O) groups is 1. The van der Waals surface area contributed by atoms with Gasteiger partial charge in [-0.15, -0.1) is 0 Å². The molecule has 0 aliphatic carbocycles. The monoisotopic (exact) mass is 274 g/mol. The van der Waals surface area contributed by atoms with Crippen molar-refractivity contribution in [2.24, 2.45) is 5.84 Å². The van der Waals surface area contributed by atoms with Crippen LogP contribution in [0.4, 0.5) is 5.82 Å². The highest BCUT2D eigenvalue weighted by atomic mass is 16.1. The topological polar surface area (TPSA) is 97.9 Å². The van der Waals surface area contributed by atoms with E-state index in [2.05, 4.69) is 20.8 Å². The number of hydrogen-bond donors (Lipinski definition) is 3. The molecule has 7 heteroatoms. The van der Waals surface area contributed by atoms with Crippen molar-refractivity contribution in [3.63, 3.8) is 0 Å². The zero-order chi connectivity index (χ0) is 14.5. The zero-order valence-electron chi connectivity index (χ0n) is 11.5. The van der Waals surface area contributed by atoms with Gasteiger partial charge in [-0.3, -0.25) is 9.48 Å². The third-order valence-corrected chi connectivity index (χ3v) is 2.76. The van der Waals surface area contributed by atoms with E-state index in [1.807, 2.05) is 26.1 Å². The maximum atomic E-state index is 12.2. The van der Waals surface area contributed by atoms with Gasteiger partial charge in [-0.1, -0.05) is 0 Å². The standard InChI is InChI=1S/C13H18N6O/c1-9-6-11(7-12(16-9)18-14)13(20)17-10(2)8-19-5-3-4-15-19/h3-7,10H,8,14H2,1-2H3,(H,16,18)(H,17,20). The minimum atomic E-state index is -0.161. The predicted molar refractivity (Wildman–Crippen MR) is 75.9 cm³/mol. The highest BCUT2D eigenvalue weighted by molar-refractivity contribution is 5.95. The third-order valence-electron chi connectivity index (χ3n) is 2.76. The minimum absolute atomic E-state index is 0.0369. The fourth-order valence-electron chi connectivity index (χ4n) is 1.92. The molecular weight excluding hydrogens is 256 g/mol. The minimum Gasteiger partial charge on any atom is -0.348 e. The molecule has 1 amide bonds. The van der Waals surface area contributed by atoms with Crippen LogP contribution in [0.2, 0.25) is 0 Å². The van der Waals surface area contributed by atoms with Crippen molar-refractivity contribution in [3.8, 4) is 0 Å². The lowest BCUT2D eigenvalue weighted by Gasteiger charge is -2.14. The van der Waals surface area contributed by atoms with Crippen molar-refractivity contribution in [3.05, 3.63) is 41.9 Å². The summed E-state index contributed by atoms with van der Waals surface area (Å²) in [5.74, 6) is 5.63. The van der Waals surface area contributed by atoms with Gasteiger partial charge in [0, 0.05) is 29.7 Å². The summed E-state index contributed by atoms with van der Waals surface area (Å²) in [5, 5.41) is 7.02. The lowest BCUT2D eigenvalue weighted by atomic mass is 10.2. The van der Waals surface area contributed by atoms with Gasteiger partial charge in [-0.25, -0.2) is 10.8 Å². The average Bonchev–Trinajstić information content (AvgIpc) is 2.90. The molecule has 0 aliphatic heterocycles. The highest BCUT2D eigenvalue weighted by Crippen LogP contribution is 2.09. The summed E-state index contributed by atoms with van der Waals surface area (Å²) < 4.78 is 1.77. The number of aromatic nitrogens is 3. The molecule has 2 aromatic heterocycles. The van der Waals surface area contributed by atoms with Gasteiger partial charge in [0.1, 0.15) is 5.82 Å². The van der Waals surface area contributed by atoms with Gasteiger partial charge in [0.15, 0.2) is 0 Å². The molecule has 0 fully saturated rings. The van der Waals surface area contributed by atoms with Crippen LogP contribution in [0, 0.1) is 6.92 Å². The molecule has 0 radical (unpaired) electrons. The Morgan fingerprint density at radius 3 is 2.95 bits per heavy atom. The van der Waals surface area contributed by atoms with Crippen molar-refractivity contribution < 1.29 is 4.79 Å². The molecule has 0 aliphatic rings. The van der Waals surface area contributed by atoms with E-state index in [9.17, 15) is 4.79 Å². The molecule has 2 aromatic rings. The van der Waals surface area contributed by atoms with Crippen molar-refractivity contribution in [1.82, 2.24) is 20.1 Å². The Bertz CT molecular complexity index is 581. The lowest BCUT2D eigenvalue weighted by Crippen LogP contribution is -2.36. The number of carbonyl (C=O) groups excluding carboxylic acids is 1. The zero-order valence-corrected chi connectivity index (χ0v) is 11.5. The normalized spacial score (nSPS) is 11.9. The molecule has 0 saturated heterocycles. The molecule has 1 atom stereocenters. The Labute approximate surface area is 117 Å². The summed E-state index contributed by atoms with van der Waals surface area (Å²) in [6.07, 6.45) is 3.57. The van der Waals surface area contributed by atoms with Gasteiger partial charge in [0.2, 0.25) is 0 Å². The van der Waals surface area contributed by atoms with Gasteiger partial charge in [-0.2, -0.15) is 5.10 Å². The molecule has 0 saturated carbocycles. The predicted octanol–water partition coefficient (Wildman–Crippen LogP) is 0.691. The van der Waals surface area contributed by atoms with E-state index in [1.165, 1.54) is 0 Å². The molecular formula is C13H18N6O. The van der Waals surface area contributed by atoms with Crippen molar-refractivity contribution in [1.29, 1.82) is 0 Å². The summed E-state index contributed by atoms with van der Waals surface area (Å²) in [6, 6.07) is 5.14. The second-order valence-electron chi connectivity index (χ2n) is 4.63. The van der Waals surface area contributed by atoms with Gasteiger partial charge in [-0.05, 0) is 32.0 Å². The number of aryl methyl sites for hydroxylation is 1. The fourth-order valence-corrected chi connectivity index (χ4v) is 1.92. The summed E-state index contributed by atoms with van der Waals surface area (Å²) in [7, 11) is 0. The Hall–Kier alpha value is -2.41. The third kappa shape index (κ3) is 3.55. The number of hydrazine groups is 1. The van der Waals surface area contributed by atoms with Crippen LogP contribution in [0.1, 0.15) is 23.0 Å². The van der Waals surface area contributed by atoms with Crippen LogP contribution in [-0.4, -0.2) is 26.7 Å². The fraction of sp³-hybridized carbons (Fsp3) is 0.308. The number of amides is 1. The maximum Gasteiger partial charge on any atom is 0.251 e. The van der Waals surface area contributed by atoms with Gasteiger partial charge < -0.3 is 10.7 Å². The SMILES string of the molecule is Cc1cc(C(=O)NC(C)Cn2cccn2)cc(NN)n1. The Morgan fingerprint density at radius 1 is 1.50 bits per heavy atom. The smallest absolute Gasteiger partial charge is 0.251 e. The van der Waals surface area contributed by atoms with E-state index in [-0.39, 0.29) is 11.9 Å². The molecule has 1 unspecified atom stereocenters. The van der Waals surface area contributed by atoms with E-state index in [0.29, 0.717) is 17.9 Å². The molecule has 4 N–H and O–H groups in total. The summed E-state index contributed by atoms with van der Waals surface area (Å²) in [6.45, 7) is 4.35. The second-order valence-corrected chi connectivity index (χ2v) is 4.63. The van der Waals surface area contributed by atoms with E-state index in [4.69, 9.17) is 5.84 Å². The van der Waals surface area contributed by atoms with E-state index >= 15 is 0 Å². The Morgan fingerprint density at radius 2 is 2.30 bits per heavy atom. The Balaban J connectivity index is 2.02. The number of pyridine rings is 1. The number of nitrogens with two attached hydrogens (primary N) is 1. The first-order chi connectivity index (χ1) is 9.58. The van der Waals surface area contributed by atoms with Crippen molar-refractivity contribution >= 4 is 11.7 Å². The number of nitrogens with one attached hydrogen (secondary N) is 2. The van der Waals surface area contributed by atoms with E-state index in [0.717, 1.165) is 5.69 Å². The van der Waals surface area contributed by atoms with Crippen molar-refractivity contribution in [2.45, 2.75) is 26.4 Å². The average molecular weight is 274 g/mol.